The van der Waals surface area contributed by atoms with Gasteiger partial charge in [0.25, 0.3) is 0 Å². The number of carbonyl (C=O) groups is 2. The Labute approximate surface area is 230 Å². The van der Waals surface area contributed by atoms with Crippen LogP contribution in [0.5, 0.6) is 0 Å². The van der Waals surface area contributed by atoms with E-state index in [-0.39, 0.29) is 18.5 Å². The molecular formula is C27H35Cl2N3O4S. The van der Waals surface area contributed by atoms with Crippen LogP contribution in [0.2, 0.25) is 10.0 Å². The fraction of sp³-hybridized carbons (Fsp3) is 0.481. The van der Waals surface area contributed by atoms with E-state index >= 15 is 0 Å². The van der Waals surface area contributed by atoms with Gasteiger partial charge in [0.2, 0.25) is 21.8 Å². The van der Waals surface area contributed by atoms with Crippen molar-refractivity contribution < 1.29 is 18.0 Å². The number of halogens is 2. The van der Waals surface area contributed by atoms with Gasteiger partial charge < -0.3 is 10.2 Å². The number of amides is 2. The van der Waals surface area contributed by atoms with Crippen molar-refractivity contribution in [3.05, 3.63) is 63.1 Å². The summed E-state index contributed by atoms with van der Waals surface area (Å²) in [6, 6.07) is 9.61. The van der Waals surface area contributed by atoms with Gasteiger partial charge in [-0.2, -0.15) is 0 Å². The highest BCUT2D eigenvalue weighted by atomic mass is 35.5. The summed E-state index contributed by atoms with van der Waals surface area (Å²) in [5, 5.41) is 3.81. The van der Waals surface area contributed by atoms with Gasteiger partial charge in [0.15, 0.2) is 0 Å². The maximum atomic E-state index is 13.8. The molecule has 0 aromatic heterocycles. The lowest BCUT2D eigenvalue weighted by Gasteiger charge is -2.33. The second kappa shape index (κ2) is 12.5. The second-order valence-electron chi connectivity index (χ2n) is 9.72. The summed E-state index contributed by atoms with van der Waals surface area (Å²) in [5.74, 6) is -0.719. The van der Waals surface area contributed by atoms with Crippen molar-refractivity contribution in [1.82, 2.24) is 10.2 Å². The van der Waals surface area contributed by atoms with E-state index in [9.17, 15) is 18.0 Å². The quantitative estimate of drug-likeness (QED) is 0.425. The first-order valence-corrected chi connectivity index (χ1v) is 15.1. The Balaban J connectivity index is 1.95. The molecule has 0 aliphatic heterocycles. The molecule has 1 unspecified atom stereocenters. The number of carbonyl (C=O) groups excluding carboxylic acids is 2. The highest BCUT2D eigenvalue weighted by Crippen LogP contribution is 2.26. The summed E-state index contributed by atoms with van der Waals surface area (Å²) >= 11 is 12.3. The van der Waals surface area contributed by atoms with Gasteiger partial charge in [-0.25, -0.2) is 8.42 Å². The standard InChI is InChI=1S/C27H35Cl2N3O4S/c1-5-25(27(34)30-21-8-6-7-9-21)31(16-20-11-13-23(28)24(29)15-20)26(33)17-32(37(4,35)36)22-12-10-18(2)19(3)14-22/h10-15,21,25H,5-9,16-17H2,1-4H3,(H,30,34). The van der Waals surface area contributed by atoms with E-state index in [4.69, 9.17) is 23.2 Å². The Morgan fingerprint density at radius 2 is 1.70 bits per heavy atom. The number of aryl methyl sites for hydroxylation is 2. The molecule has 202 valence electrons. The summed E-state index contributed by atoms with van der Waals surface area (Å²) in [7, 11) is -3.79. The minimum Gasteiger partial charge on any atom is -0.352 e. The van der Waals surface area contributed by atoms with Crippen LogP contribution in [0.4, 0.5) is 5.69 Å². The van der Waals surface area contributed by atoms with E-state index in [2.05, 4.69) is 5.32 Å². The third kappa shape index (κ3) is 7.62. The van der Waals surface area contributed by atoms with Crippen molar-refractivity contribution in [1.29, 1.82) is 0 Å². The number of hydrogen-bond donors (Lipinski definition) is 1. The van der Waals surface area contributed by atoms with Crippen LogP contribution in [0.15, 0.2) is 36.4 Å². The van der Waals surface area contributed by atoms with Gasteiger partial charge in [-0.05, 0) is 74.1 Å². The van der Waals surface area contributed by atoms with Crippen molar-refractivity contribution in [3.8, 4) is 0 Å². The zero-order chi connectivity index (χ0) is 27.3. The number of hydrogen-bond acceptors (Lipinski definition) is 4. The van der Waals surface area contributed by atoms with E-state index in [1.807, 2.05) is 26.8 Å². The smallest absolute Gasteiger partial charge is 0.244 e. The lowest BCUT2D eigenvalue weighted by atomic mass is 10.1. The fourth-order valence-electron chi connectivity index (χ4n) is 4.62. The molecule has 0 heterocycles. The number of nitrogens with zero attached hydrogens (tertiary/aromatic N) is 2. The molecule has 2 aromatic carbocycles. The first kappa shape index (κ1) is 29.3. The molecule has 2 amide bonds. The summed E-state index contributed by atoms with van der Waals surface area (Å²) in [6.45, 7) is 5.30. The highest BCUT2D eigenvalue weighted by Gasteiger charge is 2.33. The first-order valence-electron chi connectivity index (χ1n) is 12.5. The number of benzene rings is 2. The Morgan fingerprint density at radius 1 is 1.03 bits per heavy atom. The van der Waals surface area contributed by atoms with Crippen LogP contribution in [0.1, 0.15) is 55.7 Å². The van der Waals surface area contributed by atoms with E-state index in [1.165, 1.54) is 4.90 Å². The molecule has 0 spiro atoms. The molecule has 1 saturated carbocycles. The molecule has 1 atom stereocenters. The van der Waals surface area contributed by atoms with Crippen LogP contribution in [0, 0.1) is 13.8 Å². The van der Waals surface area contributed by atoms with Gasteiger partial charge in [0.1, 0.15) is 12.6 Å². The van der Waals surface area contributed by atoms with Gasteiger partial charge in [-0.15, -0.1) is 0 Å². The zero-order valence-corrected chi connectivity index (χ0v) is 24.1. The van der Waals surface area contributed by atoms with Crippen LogP contribution in [0.3, 0.4) is 0 Å². The summed E-state index contributed by atoms with van der Waals surface area (Å²) in [4.78, 5) is 28.6. The predicted octanol–water partition coefficient (Wildman–Crippen LogP) is 5.24. The molecular weight excluding hydrogens is 533 g/mol. The zero-order valence-electron chi connectivity index (χ0n) is 21.8. The monoisotopic (exact) mass is 567 g/mol. The molecule has 10 heteroatoms. The number of anilines is 1. The highest BCUT2D eigenvalue weighted by molar-refractivity contribution is 7.92. The number of sulfonamides is 1. The van der Waals surface area contributed by atoms with Crippen molar-refractivity contribution in [3.63, 3.8) is 0 Å². The van der Waals surface area contributed by atoms with Crippen LogP contribution >= 0.6 is 23.2 Å². The minimum atomic E-state index is -3.79. The molecule has 7 nitrogen and oxygen atoms in total. The van der Waals surface area contributed by atoms with Gasteiger partial charge in [-0.1, -0.05) is 55.1 Å². The summed E-state index contributed by atoms with van der Waals surface area (Å²) < 4.78 is 26.6. The van der Waals surface area contributed by atoms with E-state index in [1.54, 1.807) is 30.3 Å². The third-order valence-electron chi connectivity index (χ3n) is 6.88. The Morgan fingerprint density at radius 3 is 2.27 bits per heavy atom. The lowest BCUT2D eigenvalue weighted by molar-refractivity contribution is -0.140. The van der Waals surface area contributed by atoms with Crippen molar-refractivity contribution in [2.24, 2.45) is 0 Å². The van der Waals surface area contributed by atoms with Crippen LogP contribution < -0.4 is 9.62 Å². The van der Waals surface area contributed by atoms with Gasteiger partial charge in [0.05, 0.1) is 22.0 Å². The molecule has 3 rings (SSSR count). The molecule has 1 fully saturated rings. The molecule has 37 heavy (non-hydrogen) atoms. The molecule has 2 aromatic rings. The maximum absolute atomic E-state index is 13.8. The molecule has 1 aliphatic rings. The topological polar surface area (TPSA) is 86.8 Å². The summed E-state index contributed by atoms with van der Waals surface area (Å²) in [6.07, 6.45) is 5.39. The normalized spacial score (nSPS) is 14.9. The average molecular weight is 569 g/mol. The second-order valence-corrected chi connectivity index (χ2v) is 12.4. The fourth-order valence-corrected chi connectivity index (χ4v) is 5.78. The third-order valence-corrected chi connectivity index (χ3v) is 8.76. The van der Waals surface area contributed by atoms with Crippen molar-refractivity contribution in [2.75, 3.05) is 17.1 Å². The minimum absolute atomic E-state index is 0.0802. The first-order chi connectivity index (χ1) is 17.4. The Kier molecular flexibility index (Phi) is 9.89. The van der Waals surface area contributed by atoms with E-state index in [0.29, 0.717) is 27.7 Å². The maximum Gasteiger partial charge on any atom is 0.244 e. The largest absolute Gasteiger partial charge is 0.352 e. The molecule has 1 N–H and O–H groups in total. The van der Waals surface area contributed by atoms with Gasteiger partial charge in [0, 0.05) is 12.6 Å². The number of rotatable bonds is 10. The SMILES string of the molecule is CCC(C(=O)NC1CCCC1)N(Cc1ccc(Cl)c(Cl)c1)C(=O)CN(c1ccc(C)c(C)c1)S(C)(=O)=O. The van der Waals surface area contributed by atoms with Crippen LogP contribution in [-0.4, -0.2) is 50.0 Å². The van der Waals surface area contributed by atoms with Crippen molar-refractivity contribution in [2.45, 2.75) is 71.5 Å². The Bertz CT molecular complexity index is 1250. The lowest BCUT2D eigenvalue weighted by Crippen LogP contribution is -2.53. The molecule has 0 saturated heterocycles. The Hall–Kier alpha value is -2.29. The van der Waals surface area contributed by atoms with Gasteiger partial charge >= 0.3 is 0 Å². The number of nitrogens with one attached hydrogen (secondary N) is 1. The van der Waals surface area contributed by atoms with E-state index in [0.717, 1.165) is 47.4 Å². The predicted molar refractivity (Wildman–Crippen MR) is 150 cm³/mol. The van der Waals surface area contributed by atoms with Crippen LogP contribution in [0.25, 0.3) is 0 Å². The summed E-state index contributed by atoms with van der Waals surface area (Å²) in [5.41, 5.74) is 3.01. The molecule has 1 aliphatic carbocycles. The average Bonchev–Trinajstić information content (AvgIpc) is 3.33. The van der Waals surface area contributed by atoms with Gasteiger partial charge in [-0.3, -0.25) is 13.9 Å². The molecule has 0 radical (unpaired) electrons. The van der Waals surface area contributed by atoms with Crippen LogP contribution in [-0.2, 0) is 26.2 Å². The van der Waals surface area contributed by atoms with E-state index < -0.39 is 28.5 Å². The molecule has 0 bridgehead atoms. The van der Waals surface area contributed by atoms with Crippen molar-refractivity contribution >= 4 is 50.7 Å².